The topological polar surface area (TPSA) is 51.2 Å². The van der Waals surface area contributed by atoms with Crippen LogP contribution in [0.2, 0.25) is 0 Å². The summed E-state index contributed by atoms with van der Waals surface area (Å²) in [4.78, 5) is 2.23. The van der Waals surface area contributed by atoms with Crippen LogP contribution in [0.4, 0.5) is 0 Å². The molecule has 0 aromatic heterocycles. The van der Waals surface area contributed by atoms with Crippen molar-refractivity contribution in [1.82, 2.24) is 4.90 Å². The van der Waals surface area contributed by atoms with Crippen molar-refractivity contribution in [2.24, 2.45) is 0 Å². The van der Waals surface area contributed by atoms with Gasteiger partial charge in [-0.05, 0) is 44.0 Å². The molecule has 1 heterocycles. The van der Waals surface area contributed by atoms with E-state index in [9.17, 15) is 5.11 Å². The van der Waals surface area contributed by atoms with Gasteiger partial charge in [0.2, 0.25) is 6.79 Å². The van der Waals surface area contributed by atoms with Crippen molar-refractivity contribution < 1.29 is 19.3 Å². The van der Waals surface area contributed by atoms with Gasteiger partial charge in [-0.1, -0.05) is 36.4 Å². The van der Waals surface area contributed by atoms with Crippen LogP contribution in [0.15, 0.2) is 48.5 Å². The van der Waals surface area contributed by atoms with E-state index in [0.717, 1.165) is 23.6 Å². The quantitative estimate of drug-likeness (QED) is 0.768. The highest BCUT2D eigenvalue weighted by molar-refractivity contribution is 5.44. The minimum atomic E-state index is -0.554. The Morgan fingerprint density at radius 1 is 1.00 bits per heavy atom. The van der Waals surface area contributed by atoms with Gasteiger partial charge in [0, 0.05) is 19.6 Å². The number of hydrogen-bond donors (Lipinski definition) is 1. The van der Waals surface area contributed by atoms with Crippen molar-refractivity contribution in [1.29, 1.82) is 0 Å². The Hall–Kier alpha value is -2.08. The summed E-state index contributed by atoms with van der Waals surface area (Å²) in [6.45, 7) is 8.56. The summed E-state index contributed by atoms with van der Waals surface area (Å²) in [5.74, 6) is 1.57. The number of nitrogens with zero attached hydrogens (tertiary/aromatic N) is 1. The molecular formula is C22H29NO4. The summed E-state index contributed by atoms with van der Waals surface area (Å²) >= 11 is 0. The molecule has 0 amide bonds. The highest BCUT2D eigenvalue weighted by Gasteiger charge is 2.19. The molecule has 5 nitrogen and oxygen atoms in total. The van der Waals surface area contributed by atoms with Crippen LogP contribution in [0.1, 0.15) is 31.9 Å². The van der Waals surface area contributed by atoms with E-state index in [1.807, 2.05) is 57.2 Å². The van der Waals surface area contributed by atoms with Gasteiger partial charge in [-0.25, -0.2) is 0 Å². The zero-order valence-corrected chi connectivity index (χ0v) is 16.4. The highest BCUT2D eigenvalue weighted by Crippen LogP contribution is 2.33. The van der Waals surface area contributed by atoms with Gasteiger partial charge in [0.1, 0.15) is 0 Å². The van der Waals surface area contributed by atoms with Gasteiger partial charge < -0.3 is 19.3 Å². The number of aliphatic hydroxyl groups is 1. The Kier molecular flexibility index (Phi) is 6.37. The molecule has 0 radical (unpaired) electrons. The summed E-state index contributed by atoms with van der Waals surface area (Å²) in [5.41, 5.74) is 2.07. The monoisotopic (exact) mass is 371 g/mol. The van der Waals surface area contributed by atoms with E-state index in [1.165, 1.54) is 5.56 Å². The van der Waals surface area contributed by atoms with E-state index in [-0.39, 0.29) is 12.4 Å². The molecule has 0 fully saturated rings. The molecular weight excluding hydrogens is 342 g/mol. The second-order valence-electron chi connectivity index (χ2n) is 7.92. The number of ether oxygens (including phenoxy) is 3. The van der Waals surface area contributed by atoms with E-state index in [1.54, 1.807) is 0 Å². The van der Waals surface area contributed by atoms with Crippen molar-refractivity contribution in [2.75, 3.05) is 19.9 Å². The fraction of sp³-hybridized carbons (Fsp3) is 0.455. The predicted molar refractivity (Wildman–Crippen MR) is 105 cm³/mol. The van der Waals surface area contributed by atoms with Crippen molar-refractivity contribution >= 4 is 0 Å². The average molecular weight is 371 g/mol. The van der Waals surface area contributed by atoms with Crippen LogP contribution in [-0.4, -0.2) is 41.7 Å². The maximum atomic E-state index is 10.5. The van der Waals surface area contributed by atoms with Crippen LogP contribution in [0.25, 0.3) is 0 Å². The van der Waals surface area contributed by atoms with E-state index < -0.39 is 6.10 Å². The van der Waals surface area contributed by atoms with E-state index in [4.69, 9.17) is 14.2 Å². The Balaban J connectivity index is 1.67. The lowest BCUT2D eigenvalue weighted by Gasteiger charge is -2.27. The van der Waals surface area contributed by atoms with Gasteiger partial charge in [0.15, 0.2) is 11.5 Å². The zero-order chi connectivity index (χ0) is 19.3. The van der Waals surface area contributed by atoms with Crippen molar-refractivity contribution in [2.45, 2.75) is 45.6 Å². The summed E-state index contributed by atoms with van der Waals surface area (Å²) in [6.07, 6.45) is -0.554. The third-order valence-electron chi connectivity index (χ3n) is 4.27. The first-order chi connectivity index (χ1) is 12.9. The Bertz CT molecular complexity index is 727. The molecule has 5 heteroatoms. The molecule has 27 heavy (non-hydrogen) atoms. The molecule has 3 rings (SSSR count). The average Bonchev–Trinajstić information content (AvgIpc) is 3.08. The SMILES string of the molecule is CC(C)(C)OC[C@H](O)CN(Cc1ccccc1)Cc1ccc2c(c1)OCO2. The second-order valence-corrected chi connectivity index (χ2v) is 7.92. The molecule has 146 valence electrons. The van der Waals surface area contributed by atoms with Gasteiger partial charge in [-0.3, -0.25) is 4.90 Å². The van der Waals surface area contributed by atoms with Crippen LogP contribution in [-0.2, 0) is 17.8 Å². The van der Waals surface area contributed by atoms with E-state index in [2.05, 4.69) is 17.0 Å². The Morgan fingerprint density at radius 2 is 1.70 bits per heavy atom. The molecule has 2 aromatic carbocycles. The van der Waals surface area contributed by atoms with Crippen LogP contribution in [0, 0.1) is 0 Å². The number of aliphatic hydroxyl groups excluding tert-OH is 1. The lowest BCUT2D eigenvalue weighted by Crippen LogP contribution is -2.36. The molecule has 0 saturated heterocycles. The minimum Gasteiger partial charge on any atom is -0.454 e. The molecule has 2 aromatic rings. The molecule has 1 atom stereocenters. The van der Waals surface area contributed by atoms with E-state index in [0.29, 0.717) is 19.7 Å². The second kappa shape index (κ2) is 8.74. The van der Waals surface area contributed by atoms with Crippen LogP contribution < -0.4 is 9.47 Å². The van der Waals surface area contributed by atoms with Gasteiger partial charge in [-0.15, -0.1) is 0 Å². The summed E-state index contributed by atoms with van der Waals surface area (Å²) in [6, 6.07) is 16.3. The Labute approximate surface area is 161 Å². The zero-order valence-electron chi connectivity index (χ0n) is 16.4. The maximum Gasteiger partial charge on any atom is 0.231 e. The number of rotatable bonds is 8. The van der Waals surface area contributed by atoms with Crippen LogP contribution >= 0.6 is 0 Å². The lowest BCUT2D eigenvalue weighted by molar-refractivity contribution is -0.0572. The predicted octanol–water partition coefficient (Wildman–Crippen LogP) is 3.59. The Morgan fingerprint density at radius 3 is 2.44 bits per heavy atom. The third kappa shape index (κ3) is 6.24. The summed E-state index contributed by atoms with van der Waals surface area (Å²) < 4.78 is 16.6. The molecule has 0 bridgehead atoms. The molecule has 1 aliphatic rings. The van der Waals surface area contributed by atoms with Gasteiger partial charge in [-0.2, -0.15) is 0 Å². The van der Waals surface area contributed by atoms with Gasteiger partial charge in [0.25, 0.3) is 0 Å². The smallest absolute Gasteiger partial charge is 0.231 e. The lowest BCUT2D eigenvalue weighted by atomic mass is 10.1. The first kappa shape index (κ1) is 19.7. The standard InChI is InChI=1S/C22H29NO4/c1-22(2,3)27-15-19(24)14-23(12-17-7-5-4-6-8-17)13-18-9-10-20-21(11-18)26-16-25-20/h4-11,19,24H,12-16H2,1-3H3/t19-/m1/s1. The molecule has 0 saturated carbocycles. The first-order valence-corrected chi connectivity index (χ1v) is 9.36. The number of hydrogen-bond acceptors (Lipinski definition) is 5. The molecule has 0 aliphatic carbocycles. The van der Waals surface area contributed by atoms with Crippen LogP contribution in [0.3, 0.4) is 0 Å². The molecule has 0 spiro atoms. The molecule has 0 unspecified atom stereocenters. The third-order valence-corrected chi connectivity index (χ3v) is 4.27. The van der Waals surface area contributed by atoms with Gasteiger partial charge >= 0.3 is 0 Å². The fourth-order valence-corrected chi connectivity index (χ4v) is 3.02. The van der Waals surface area contributed by atoms with Crippen LogP contribution in [0.5, 0.6) is 11.5 Å². The number of fused-ring (bicyclic) bond motifs is 1. The van der Waals surface area contributed by atoms with Crippen molar-refractivity contribution in [3.8, 4) is 11.5 Å². The number of benzene rings is 2. The highest BCUT2D eigenvalue weighted by atomic mass is 16.7. The van der Waals surface area contributed by atoms with Crippen molar-refractivity contribution in [3.63, 3.8) is 0 Å². The minimum absolute atomic E-state index is 0.261. The normalized spacial score (nSPS) is 14.6. The molecule has 1 N–H and O–H groups in total. The first-order valence-electron chi connectivity index (χ1n) is 9.36. The van der Waals surface area contributed by atoms with Crippen molar-refractivity contribution in [3.05, 3.63) is 59.7 Å². The maximum absolute atomic E-state index is 10.5. The van der Waals surface area contributed by atoms with E-state index >= 15 is 0 Å². The fourth-order valence-electron chi connectivity index (χ4n) is 3.02. The molecule has 1 aliphatic heterocycles. The summed E-state index contributed by atoms with van der Waals surface area (Å²) in [5, 5.41) is 10.5. The summed E-state index contributed by atoms with van der Waals surface area (Å²) in [7, 11) is 0. The largest absolute Gasteiger partial charge is 0.454 e. The van der Waals surface area contributed by atoms with Gasteiger partial charge in [0.05, 0.1) is 18.3 Å².